The van der Waals surface area contributed by atoms with Crippen LogP contribution in [0.25, 0.3) is 11.3 Å². The summed E-state index contributed by atoms with van der Waals surface area (Å²) in [7, 11) is 0. The van der Waals surface area contributed by atoms with Crippen molar-refractivity contribution in [3.63, 3.8) is 0 Å². The Morgan fingerprint density at radius 1 is 1.27 bits per heavy atom. The van der Waals surface area contributed by atoms with Crippen LogP contribution in [0.2, 0.25) is 0 Å². The molecule has 1 aromatic carbocycles. The van der Waals surface area contributed by atoms with Crippen molar-refractivity contribution < 1.29 is 4.79 Å². The molecule has 0 N–H and O–H groups in total. The summed E-state index contributed by atoms with van der Waals surface area (Å²) in [6, 6.07) is 9.80. The van der Waals surface area contributed by atoms with E-state index in [1.807, 2.05) is 42.6 Å². The zero-order valence-electron chi connectivity index (χ0n) is 14.4. The van der Waals surface area contributed by atoms with Gasteiger partial charge in [0.2, 0.25) is 0 Å². The third-order valence-corrected chi connectivity index (χ3v) is 5.41. The van der Waals surface area contributed by atoms with Gasteiger partial charge >= 0.3 is 0 Å². The number of carbonyl (C=O) groups is 1. The molecule has 3 aromatic rings. The molecule has 3 heterocycles. The topological polar surface area (TPSA) is 68.1 Å². The van der Waals surface area contributed by atoms with Gasteiger partial charge in [-0.2, -0.15) is 0 Å². The smallest absolute Gasteiger partial charge is 0.283 e. The summed E-state index contributed by atoms with van der Waals surface area (Å²) in [4.78, 5) is 35.8. The summed E-state index contributed by atoms with van der Waals surface area (Å²) in [5.74, 6) is -0.107. The molecular weight excluding hydrogens is 348 g/mol. The first-order valence-electron chi connectivity index (χ1n) is 8.54. The first-order valence-corrected chi connectivity index (χ1v) is 9.42. The van der Waals surface area contributed by atoms with Crippen molar-refractivity contribution in [2.45, 2.75) is 26.4 Å². The Morgan fingerprint density at radius 2 is 2.08 bits per heavy atom. The van der Waals surface area contributed by atoms with E-state index < -0.39 is 0 Å². The number of aryl methyl sites for hydroxylation is 1. The van der Waals surface area contributed by atoms with Gasteiger partial charge < -0.3 is 4.90 Å². The molecule has 0 saturated heterocycles. The van der Waals surface area contributed by atoms with Gasteiger partial charge in [-0.15, -0.1) is 11.3 Å². The van der Waals surface area contributed by atoms with Gasteiger partial charge in [-0.05, 0) is 13.3 Å². The van der Waals surface area contributed by atoms with Crippen molar-refractivity contribution in [1.82, 2.24) is 19.4 Å². The van der Waals surface area contributed by atoms with E-state index in [0.717, 1.165) is 16.8 Å². The number of carbonyl (C=O) groups excluding carboxylic acids is 1. The normalized spacial score (nSPS) is 13.5. The highest BCUT2D eigenvalue weighted by Gasteiger charge is 2.26. The number of hydrogen-bond donors (Lipinski definition) is 0. The molecule has 0 spiro atoms. The van der Waals surface area contributed by atoms with Crippen molar-refractivity contribution in [1.29, 1.82) is 0 Å². The van der Waals surface area contributed by atoms with E-state index in [1.54, 1.807) is 15.8 Å². The SMILES string of the molecule is CCn1cnc2c(c1=O)CCN(C(=O)c1nc(-c3ccccc3)cs1)C2. The summed E-state index contributed by atoms with van der Waals surface area (Å²) >= 11 is 1.35. The second-order valence-electron chi connectivity index (χ2n) is 6.14. The van der Waals surface area contributed by atoms with Crippen LogP contribution in [0.15, 0.2) is 46.8 Å². The molecule has 7 heteroatoms. The van der Waals surface area contributed by atoms with Gasteiger partial charge in [-0.25, -0.2) is 9.97 Å². The van der Waals surface area contributed by atoms with E-state index in [-0.39, 0.29) is 11.5 Å². The minimum atomic E-state index is -0.107. The Hall–Kier alpha value is -2.80. The predicted octanol–water partition coefficient (Wildman–Crippen LogP) is 2.59. The number of amides is 1. The number of nitrogens with zero attached hydrogens (tertiary/aromatic N) is 4. The lowest BCUT2D eigenvalue weighted by Crippen LogP contribution is -2.40. The van der Waals surface area contributed by atoms with Gasteiger partial charge in [0.25, 0.3) is 11.5 Å². The molecule has 6 nitrogen and oxygen atoms in total. The molecule has 4 rings (SSSR count). The summed E-state index contributed by atoms with van der Waals surface area (Å²) in [6.07, 6.45) is 2.09. The predicted molar refractivity (Wildman–Crippen MR) is 100 cm³/mol. The van der Waals surface area contributed by atoms with E-state index in [9.17, 15) is 9.59 Å². The van der Waals surface area contributed by atoms with Crippen LogP contribution in [0.5, 0.6) is 0 Å². The van der Waals surface area contributed by atoms with E-state index in [1.165, 1.54) is 11.3 Å². The monoisotopic (exact) mass is 366 g/mol. The average molecular weight is 366 g/mol. The van der Waals surface area contributed by atoms with Crippen LogP contribution in [-0.2, 0) is 19.5 Å². The third kappa shape index (κ3) is 2.94. The molecule has 0 saturated carbocycles. The van der Waals surface area contributed by atoms with Crippen molar-refractivity contribution in [2.24, 2.45) is 0 Å². The number of thiazole rings is 1. The zero-order valence-corrected chi connectivity index (χ0v) is 15.2. The van der Waals surface area contributed by atoms with Gasteiger partial charge in [0.05, 0.1) is 24.3 Å². The third-order valence-electron chi connectivity index (χ3n) is 4.58. The molecule has 0 radical (unpaired) electrons. The lowest BCUT2D eigenvalue weighted by atomic mass is 10.1. The maximum Gasteiger partial charge on any atom is 0.283 e. The fourth-order valence-electron chi connectivity index (χ4n) is 3.11. The van der Waals surface area contributed by atoms with Crippen LogP contribution in [0.4, 0.5) is 0 Å². The molecule has 1 aliphatic heterocycles. The molecule has 1 aliphatic rings. The van der Waals surface area contributed by atoms with E-state index in [0.29, 0.717) is 36.8 Å². The molecule has 2 aromatic heterocycles. The first kappa shape index (κ1) is 16.7. The van der Waals surface area contributed by atoms with Crippen molar-refractivity contribution in [3.8, 4) is 11.3 Å². The van der Waals surface area contributed by atoms with Crippen LogP contribution < -0.4 is 5.56 Å². The summed E-state index contributed by atoms with van der Waals surface area (Å²) in [5, 5.41) is 2.37. The lowest BCUT2D eigenvalue weighted by Gasteiger charge is -2.27. The Morgan fingerprint density at radius 3 is 2.85 bits per heavy atom. The highest BCUT2D eigenvalue weighted by molar-refractivity contribution is 7.12. The van der Waals surface area contributed by atoms with Crippen LogP contribution in [0.3, 0.4) is 0 Å². The van der Waals surface area contributed by atoms with Crippen LogP contribution >= 0.6 is 11.3 Å². The minimum Gasteiger partial charge on any atom is -0.330 e. The summed E-state index contributed by atoms with van der Waals surface area (Å²) < 4.78 is 1.60. The van der Waals surface area contributed by atoms with Gasteiger partial charge in [-0.3, -0.25) is 14.2 Å². The molecule has 0 fully saturated rings. The highest BCUT2D eigenvalue weighted by atomic mass is 32.1. The maximum atomic E-state index is 12.8. The van der Waals surface area contributed by atoms with Crippen LogP contribution in [0, 0.1) is 0 Å². The van der Waals surface area contributed by atoms with E-state index in [4.69, 9.17) is 0 Å². The average Bonchev–Trinajstić information content (AvgIpc) is 3.18. The number of hydrogen-bond acceptors (Lipinski definition) is 5. The van der Waals surface area contributed by atoms with E-state index >= 15 is 0 Å². The summed E-state index contributed by atoms with van der Waals surface area (Å²) in [6.45, 7) is 3.38. The molecule has 0 atom stereocenters. The molecule has 0 aliphatic carbocycles. The second kappa shape index (κ2) is 6.84. The standard InChI is InChI=1S/C19H18N4O2S/c1-2-22-12-20-15-10-23(9-8-14(15)18(22)24)19(25)17-21-16(11-26-17)13-6-4-3-5-7-13/h3-7,11-12H,2,8-10H2,1H3. The molecule has 26 heavy (non-hydrogen) atoms. The number of rotatable bonds is 3. The number of benzene rings is 1. The van der Waals surface area contributed by atoms with Crippen molar-refractivity contribution in [2.75, 3.05) is 6.54 Å². The molecular formula is C19H18N4O2S. The Kier molecular flexibility index (Phi) is 4.38. The molecule has 0 unspecified atom stereocenters. The first-order chi connectivity index (χ1) is 12.7. The Labute approximate surface area is 154 Å². The van der Waals surface area contributed by atoms with Gasteiger partial charge in [0.1, 0.15) is 0 Å². The Bertz CT molecular complexity index is 1010. The van der Waals surface area contributed by atoms with Gasteiger partial charge in [-0.1, -0.05) is 30.3 Å². The molecule has 132 valence electrons. The van der Waals surface area contributed by atoms with Gasteiger partial charge in [0, 0.05) is 29.6 Å². The summed E-state index contributed by atoms with van der Waals surface area (Å²) in [5.41, 5.74) is 3.22. The zero-order chi connectivity index (χ0) is 18.1. The quantitative estimate of drug-likeness (QED) is 0.714. The maximum absolute atomic E-state index is 12.8. The fourth-order valence-corrected chi connectivity index (χ4v) is 3.90. The largest absolute Gasteiger partial charge is 0.330 e. The van der Waals surface area contributed by atoms with Crippen molar-refractivity contribution >= 4 is 17.2 Å². The molecule has 0 bridgehead atoms. The number of aromatic nitrogens is 3. The molecule has 1 amide bonds. The fraction of sp³-hybridized carbons (Fsp3) is 0.263. The van der Waals surface area contributed by atoms with Gasteiger partial charge in [0.15, 0.2) is 5.01 Å². The minimum absolute atomic E-state index is 0.00483. The highest BCUT2D eigenvalue weighted by Crippen LogP contribution is 2.24. The lowest BCUT2D eigenvalue weighted by molar-refractivity contribution is 0.0730. The Balaban J connectivity index is 1.56. The van der Waals surface area contributed by atoms with Crippen LogP contribution in [0.1, 0.15) is 28.0 Å². The van der Waals surface area contributed by atoms with Crippen molar-refractivity contribution in [3.05, 3.63) is 68.7 Å². The van der Waals surface area contributed by atoms with Crippen LogP contribution in [-0.4, -0.2) is 31.9 Å². The number of fused-ring (bicyclic) bond motifs is 1. The second-order valence-corrected chi connectivity index (χ2v) is 7.00. The van der Waals surface area contributed by atoms with E-state index in [2.05, 4.69) is 9.97 Å².